The summed E-state index contributed by atoms with van der Waals surface area (Å²) in [6.07, 6.45) is 8.61. The van der Waals surface area contributed by atoms with Crippen molar-refractivity contribution in [2.24, 2.45) is 0 Å². The van der Waals surface area contributed by atoms with Gasteiger partial charge in [0.2, 0.25) is 0 Å². The molecule has 0 spiro atoms. The van der Waals surface area contributed by atoms with Crippen LogP contribution in [0.3, 0.4) is 0 Å². The van der Waals surface area contributed by atoms with Gasteiger partial charge in [-0.2, -0.15) is 5.26 Å². The largest absolute Gasteiger partial charge is 0.493 e. The summed E-state index contributed by atoms with van der Waals surface area (Å²) in [5.74, 6) is 0.703. The zero-order valence-corrected chi connectivity index (χ0v) is 28.7. The van der Waals surface area contributed by atoms with Gasteiger partial charge in [-0.1, -0.05) is 71.6 Å². The highest BCUT2D eigenvalue weighted by Gasteiger charge is 2.42. The van der Waals surface area contributed by atoms with Crippen LogP contribution in [0, 0.1) is 11.3 Å². The molecule has 246 valence electrons. The van der Waals surface area contributed by atoms with Crippen molar-refractivity contribution >= 4 is 21.4 Å². The summed E-state index contributed by atoms with van der Waals surface area (Å²) >= 11 is 1.78. The number of benzene rings is 2. The van der Waals surface area contributed by atoms with Gasteiger partial charge in [-0.3, -0.25) is 0 Å². The maximum atomic E-state index is 10.3. The molecule has 2 heterocycles. The molecule has 0 radical (unpaired) electrons. The fourth-order valence-electron chi connectivity index (χ4n) is 5.73. The minimum Gasteiger partial charge on any atom is -0.493 e. The third-order valence-corrected chi connectivity index (χ3v) is 9.46. The normalized spacial score (nSPS) is 20.0. The van der Waals surface area contributed by atoms with Gasteiger partial charge in [0, 0.05) is 47.8 Å². The molecule has 0 unspecified atom stereocenters. The van der Waals surface area contributed by atoms with Gasteiger partial charge >= 0.3 is 0 Å². The second-order valence-electron chi connectivity index (χ2n) is 12.1. The maximum absolute atomic E-state index is 10.3. The number of ether oxygens (including phenoxy) is 5. The lowest BCUT2D eigenvalue weighted by molar-refractivity contribution is -0.213. The first kappa shape index (κ1) is 35.4. The van der Waals surface area contributed by atoms with Crippen molar-refractivity contribution in [2.45, 2.75) is 116 Å². The Balaban J connectivity index is 1.74. The van der Waals surface area contributed by atoms with Crippen molar-refractivity contribution in [2.75, 3.05) is 33.0 Å². The Morgan fingerprint density at radius 1 is 0.867 bits per heavy atom. The summed E-state index contributed by atoms with van der Waals surface area (Å²) < 4.78 is 33.9. The smallest absolute Gasteiger partial charge is 0.126 e. The van der Waals surface area contributed by atoms with Crippen LogP contribution in [0.15, 0.2) is 42.5 Å². The highest BCUT2D eigenvalue weighted by Crippen LogP contribution is 2.42. The molecule has 1 fully saturated rings. The molecule has 45 heavy (non-hydrogen) atoms. The molecule has 0 amide bonds. The van der Waals surface area contributed by atoms with Gasteiger partial charge in [0.15, 0.2) is 0 Å². The first-order valence-electron chi connectivity index (χ1n) is 17.2. The Labute approximate surface area is 275 Å². The van der Waals surface area contributed by atoms with Crippen LogP contribution in [-0.4, -0.2) is 51.3 Å². The molecule has 4 atom stereocenters. The molecule has 0 aliphatic carbocycles. The summed E-state index contributed by atoms with van der Waals surface area (Å²) in [6.45, 7) is 11.8. The van der Waals surface area contributed by atoms with Crippen LogP contribution in [0.5, 0.6) is 5.75 Å². The fourth-order valence-corrected chi connectivity index (χ4v) is 6.81. The lowest BCUT2D eigenvalue weighted by atomic mass is 9.89. The van der Waals surface area contributed by atoms with E-state index in [9.17, 15) is 5.26 Å². The minimum atomic E-state index is -0.410. The summed E-state index contributed by atoms with van der Waals surface area (Å²) in [5.41, 5.74) is 2.55. The average Bonchev–Trinajstić information content (AvgIpc) is 3.47. The zero-order valence-electron chi connectivity index (χ0n) is 27.9. The third kappa shape index (κ3) is 10.3. The molecule has 3 aromatic rings. The molecule has 0 bridgehead atoms. The molecule has 1 aromatic heterocycles. The van der Waals surface area contributed by atoms with Crippen molar-refractivity contribution in [3.05, 3.63) is 64.0 Å². The van der Waals surface area contributed by atoms with E-state index in [-0.39, 0.29) is 18.3 Å². The molecule has 0 N–H and O–H groups in total. The molecule has 1 aliphatic heterocycles. The molecule has 1 saturated heterocycles. The predicted octanol–water partition coefficient (Wildman–Crippen LogP) is 9.56. The third-order valence-electron chi connectivity index (χ3n) is 8.34. The van der Waals surface area contributed by atoms with Crippen molar-refractivity contribution < 1.29 is 23.7 Å². The zero-order chi connectivity index (χ0) is 31.9. The van der Waals surface area contributed by atoms with Crippen LogP contribution in [0.4, 0.5) is 0 Å². The van der Waals surface area contributed by atoms with Crippen LogP contribution in [0.1, 0.15) is 113 Å². The summed E-state index contributed by atoms with van der Waals surface area (Å²) in [4.78, 5) is 1.22. The van der Waals surface area contributed by atoms with Crippen molar-refractivity contribution in [1.82, 2.24) is 0 Å². The molecular weight excluding hydrogens is 582 g/mol. The highest BCUT2D eigenvalue weighted by molar-refractivity contribution is 7.19. The standard InChI is InChI=1S/C38H53NO5S/c1-5-9-17-40-27-31-25-35(42-19-11-7-3)38(43-20-12-8-4)37(44-31)33-23-29(30(26-39)24-34(33)41-18-10-6-2)22-32-21-28-15-13-14-16-36(28)45-32/h13-16,21,23-24,31,35,37-38H,5-12,17-20,22,25,27H2,1-4H3/t31-,35-,37-,38+/m0/s1. The van der Waals surface area contributed by atoms with Crippen molar-refractivity contribution in [3.63, 3.8) is 0 Å². The molecule has 2 aromatic carbocycles. The minimum absolute atomic E-state index is 0.128. The second-order valence-corrected chi connectivity index (χ2v) is 13.3. The second kappa shape index (κ2) is 19.3. The van der Waals surface area contributed by atoms with E-state index in [0.29, 0.717) is 44.2 Å². The lowest BCUT2D eigenvalue weighted by Crippen LogP contribution is -2.48. The van der Waals surface area contributed by atoms with E-state index in [4.69, 9.17) is 23.7 Å². The number of nitriles is 1. The van der Waals surface area contributed by atoms with Crippen LogP contribution in [0.2, 0.25) is 0 Å². The Morgan fingerprint density at radius 2 is 1.58 bits per heavy atom. The van der Waals surface area contributed by atoms with E-state index in [1.165, 1.54) is 15.0 Å². The molecule has 4 rings (SSSR count). The number of unbranched alkanes of at least 4 members (excludes halogenated alkanes) is 4. The Morgan fingerprint density at radius 3 is 2.31 bits per heavy atom. The van der Waals surface area contributed by atoms with Crippen LogP contribution >= 0.6 is 11.3 Å². The fraction of sp³-hybridized carbons (Fsp3) is 0.605. The van der Waals surface area contributed by atoms with E-state index in [1.807, 2.05) is 6.07 Å². The van der Waals surface area contributed by atoms with Gasteiger partial charge in [0.1, 0.15) is 18.0 Å². The van der Waals surface area contributed by atoms with Crippen molar-refractivity contribution in [1.29, 1.82) is 5.26 Å². The lowest BCUT2D eigenvalue weighted by Gasteiger charge is -2.42. The van der Waals surface area contributed by atoms with Crippen LogP contribution < -0.4 is 4.74 Å². The van der Waals surface area contributed by atoms with Gasteiger partial charge in [0.25, 0.3) is 0 Å². The molecular formula is C38H53NO5S. The predicted molar refractivity (Wildman–Crippen MR) is 183 cm³/mol. The quantitative estimate of drug-likeness (QED) is 0.115. The Hall–Kier alpha value is -2.47. The Kier molecular flexibility index (Phi) is 15.1. The van der Waals surface area contributed by atoms with Gasteiger partial charge in [0.05, 0.1) is 37.1 Å². The molecule has 0 saturated carbocycles. The number of nitrogens with zero attached hydrogens (tertiary/aromatic N) is 1. The van der Waals surface area contributed by atoms with E-state index in [2.05, 4.69) is 70.2 Å². The van der Waals surface area contributed by atoms with E-state index in [0.717, 1.165) is 75.5 Å². The number of hydrogen-bond acceptors (Lipinski definition) is 7. The summed E-state index contributed by atoms with van der Waals surface area (Å²) in [6, 6.07) is 17.2. The van der Waals surface area contributed by atoms with Crippen LogP contribution in [-0.2, 0) is 25.4 Å². The highest BCUT2D eigenvalue weighted by atomic mass is 32.1. The molecule has 1 aliphatic rings. The monoisotopic (exact) mass is 635 g/mol. The van der Waals surface area contributed by atoms with E-state index in [1.54, 1.807) is 11.3 Å². The average molecular weight is 636 g/mol. The first-order chi connectivity index (χ1) is 22.1. The number of hydrogen-bond donors (Lipinski definition) is 0. The van der Waals surface area contributed by atoms with Gasteiger partial charge in [-0.25, -0.2) is 0 Å². The number of fused-ring (bicyclic) bond motifs is 1. The number of rotatable bonds is 20. The van der Waals surface area contributed by atoms with E-state index < -0.39 is 6.10 Å². The topological polar surface area (TPSA) is 69.9 Å². The van der Waals surface area contributed by atoms with Gasteiger partial charge in [-0.05, 0) is 60.9 Å². The SMILES string of the molecule is CCCCOC[C@@H]1C[C@H](OCCCC)[C@@H](OCCCC)[C@H](c2cc(Cc3cc4ccccc4s3)c(C#N)cc2OCCCC)O1. The summed E-state index contributed by atoms with van der Waals surface area (Å²) in [5, 5.41) is 11.5. The van der Waals surface area contributed by atoms with Crippen molar-refractivity contribution in [3.8, 4) is 11.8 Å². The van der Waals surface area contributed by atoms with Crippen LogP contribution in [0.25, 0.3) is 10.1 Å². The van der Waals surface area contributed by atoms with E-state index >= 15 is 0 Å². The molecule has 6 nitrogen and oxygen atoms in total. The van der Waals surface area contributed by atoms with Gasteiger partial charge < -0.3 is 23.7 Å². The Bertz CT molecular complexity index is 1300. The molecule has 7 heteroatoms. The summed E-state index contributed by atoms with van der Waals surface area (Å²) in [7, 11) is 0. The van der Waals surface area contributed by atoms with Gasteiger partial charge in [-0.15, -0.1) is 11.3 Å². The maximum Gasteiger partial charge on any atom is 0.126 e. The number of thiophene rings is 1. The first-order valence-corrected chi connectivity index (χ1v) is 18.1.